The van der Waals surface area contributed by atoms with Crippen LogP contribution < -0.4 is 23.5 Å². The molecular weight excluding hydrogens is 430 g/mol. The minimum absolute atomic E-state index is 0.207. The minimum Gasteiger partial charge on any atom is -0.493 e. The zero-order chi connectivity index (χ0) is 23.8. The van der Waals surface area contributed by atoms with Crippen LogP contribution in [0.2, 0.25) is 0 Å². The summed E-state index contributed by atoms with van der Waals surface area (Å²) in [5, 5.41) is 15.2. The molecule has 0 atom stereocenters. The third-order valence-corrected chi connectivity index (χ3v) is 6.30. The van der Waals surface area contributed by atoms with Crippen LogP contribution in [0.1, 0.15) is 0 Å². The third-order valence-electron chi connectivity index (χ3n) is 6.30. The number of benzene rings is 4. The van der Waals surface area contributed by atoms with Crippen molar-refractivity contribution in [2.24, 2.45) is 0 Å². The standard InChI is InChI=1S/C28H26NO5/c1-31-24-11-10-18-21-12-19(17-8-6-5-7-9-17)20-13-25(32-2)26(33-3)14-22(20)27(21)29(16-30)15-23(18)28(24)34-4/h5-15,30H,16H2,1-4H3/q+1. The molecule has 0 saturated carbocycles. The number of aliphatic hydroxyl groups is 1. The molecule has 0 saturated heterocycles. The Balaban J connectivity index is 2.05. The van der Waals surface area contributed by atoms with E-state index in [1.54, 1.807) is 28.4 Å². The Labute approximate surface area is 197 Å². The zero-order valence-electron chi connectivity index (χ0n) is 19.6. The van der Waals surface area contributed by atoms with Crippen LogP contribution in [0.5, 0.6) is 23.0 Å². The fourth-order valence-electron chi connectivity index (χ4n) is 4.75. The summed E-state index contributed by atoms with van der Waals surface area (Å²) < 4.78 is 24.3. The second-order valence-corrected chi connectivity index (χ2v) is 7.94. The predicted molar refractivity (Wildman–Crippen MR) is 133 cm³/mol. The lowest BCUT2D eigenvalue weighted by Crippen LogP contribution is -2.34. The summed E-state index contributed by atoms with van der Waals surface area (Å²) in [5.41, 5.74) is 3.02. The molecule has 0 fully saturated rings. The lowest BCUT2D eigenvalue weighted by molar-refractivity contribution is -0.704. The molecule has 0 spiro atoms. The number of pyridine rings is 1. The summed E-state index contributed by atoms with van der Waals surface area (Å²) in [6.45, 7) is -0.207. The number of fused-ring (bicyclic) bond motifs is 5. The molecule has 6 heteroatoms. The van der Waals surface area contributed by atoms with E-state index in [1.807, 2.05) is 53.2 Å². The lowest BCUT2D eigenvalue weighted by Gasteiger charge is -2.16. The van der Waals surface area contributed by atoms with E-state index in [9.17, 15) is 5.11 Å². The van der Waals surface area contributed by atoms with Gasteiger partial charge in [-0.1, -0.05) is 30.3 Å². The molecule has 5 aromatic rings. The SMILES string of the molecule is COc1cc2c(-c3ccccc3)cc3c4ccc(OC)c(OC)c4c[n+](CO)c3c2cc1OC. The smallest absolute Gasteiger partial charge is 0.250 e. The van der Waals surface area contributed by atoms with Crippen molar-refractivity contribution in [3.63, 3.8) is 0 Å². The maximum absolute atomic E-state index is 10.4. The zero-order valence-corrected chi connectivity index (χ0v) is 19.6. The average molecular weight is 457 g/mol. The summed E-state index contributed by atoms with van der Waals surface area (Å²) in [6.07, 6.45) is 1.90. The minimum atomic E-state index is -0.207. The number of rotatable bonds is 6. The van der Waals surface area contributed by atoms with Gasteiger partial charge in [0, 0.05) is 10.8 Å². The van der Waals surface area contributed by atoms with E-state index >= 15 is 0 Å². The molecule has 6 nitrogen and oxygen atoms in total. The Kier molecular flexibility index (Phi) is 5.59. The van der Waals surface area contributed by atoms with Gasteiger partial charge in [0.2, 0.25) is 5.52 Å². The first-order valence-corrected chi connectivity index (χ1v) is 10.9. The number of nitrogens with zero attached hydrogens (tertiary/aromatic N) is 1. The number of aromatic nitrogens is 1. The normalized spacial score (nSPS) is 11.2. The number of hydrogen-bond donors (Lipinski definition) is 1. The largest absolute Gasteiger partial charge is 0.493 e. The number of ether oxygens (including phenoxy) is 4. The molecule has 0 radical (unpaired) electrons. The van der Waals surface area contributed by atoms with Crippen molar-refractivity contribution in [1.82, 2.24) is 0 Å². The average Bonchev–Trinajstić information content (AvgIpc) is 2.90. The van der Waals surface area contributed by atoms with Gasteiger partial charge in [-0.25, -0.2) is 0 Å². The third kappa shape index (κ3) is 3.26. The Bertz CT molecular complexity index is 1530. The van der Waals surface area contributed by atoms with Gasteiger partial charge in [0.1, 0.15) is 0 Å². The van der Waals surface area contributed by atoms with Crippen LogP contribution in [-0.4, -0.2) is 33.5 Å². The monoisotopic (exact) mass is 456 g/mol. The molecule has 0 unspecified atom stereocenters. The van der Waals surface area contributed by atoms with E-state index in [1.165, 1.54) is 0 Å². The molecule has 0 aliphatic heterocycles. The summed E-state index contributed by atoms with van der Waals surface area (Å²) >= 11 is 0. The highest BCUT2D eigenvalue weighted by molar-refractivity contribution is 6.19. The van der Waals surface area contributed by atoms with E-state index in [2.05, 4.69) is 18.2 Å². The first-order chi connectivity index (χ1) is 16.6. The van der Waals surface area contributed by atoms with Crippen LogP contribution in [-0.2, 0) is 6.73 Å². The van der Waals surface area contributed by atoms with Crippen LogP contribution in [0.4, 0.5) is 0 Å². The van der Waals surface area contributed by atoms with Gasteiger partial charge >= 0.3 is 0 Å². The Morgan fingerprint density at radius 3 is 1.91 bits per heavy atom. The van der Waals surface area contributed by atoms with Gasteiger partial charge in [0.05, 0.1) is 44.6 Å². The number of methoxy groups -OCH3 is 4. The molecule has 1 aromatic heterocycles. The van der Waals surface area contributed by atoms with E-state index < -0.39 is 0 Å². The van der Waals surface area contributed by atoms with Crippen LogP contribution in [0.3, 0.4) is 0 Å². The molecule has 0 bridgehead atoms. The highest BCUT2D eigenvalue weighted by Gasteiger charge is 2.24. The Morgan fingerprint density at radius 1 is 0.647 bits per heavy atom. The Morgan fingerprint density at radius 2 is 1.29 bits per heavy atom. The van der Waals surface area contributed by atoms with Crippen molar-refractivity contribution < 1.29 is 28.6 Å². The van der Waals surface area contributed by atoms with Crippen molar-refractivity contribution in [1.29, 1.82) is 0 Å². The van der Waals surface area contributed by atoms with Gasteiger partial charge < -0.3 is 24.1 Å². The van der Waals surface area contributed by atoms with Crippen molar-refractivity contribution >= 4 is 32.4 Å². The maximum Gasteiger partial charge on any atom is 0.250 e. The second-order valence-electron chi connectivity index (χ2n) is 7.94. The molecule has 0 aliphatic carbocycles. The van der Waals surface area contributed by atoms with E-state index in [4.69, 9.17) is 18.9 Å². The second kappa shape index (κ2) is 8.72. The molecule has 0 aliphatic rings. The van der Waals surface area contributed by atoms with Gasteiger partial charge in [-0.3, -0.25) is 0 Å². The van der Waals surface area contributed by atoms with E-state index in [0.29, 0.717) is 23.0 Å². The van der Waals surface area contributed by atoms with E-state index in [0.717, 1.165) is 43.6 Å². The first-order valence-electron chi connectivity index (χ1n) is 10.9. The summed E-state index contributed by atoms with van der Waals surface area (Å²) in [5.74, 6) is 2.53. The molecule has 5 rings (SSSR count). The van der Waals surface area contributed by atoms with Crippen LogP contribution in [0.15, 0.2) is 66.9 Å². The van der Waals surface area contributed by atoms with Crippen molar-refractivity contribution in [2.45, 2.75) is 6.73 Å². The summed E-state index contributed by atoms with van der Waals surface area (Å²) in [7, 11) is 6.50. The molecule has 4 aromatic carbocycles. The predicted octanol–water partition coefficient (Wildman–Crippen LogP) is 5.08. The molecule has 172 valence electrons. The van der Waals surface area contributed by atoms with E-state index in [-0.39, 0.29) is 6.73 Å². The van der Waals surface area contributed by atoms with Gasteiger partial charge in [-0.2, -0.15) is 4.57 Å². The van der Waals surface area contributed by atoms with Crippen molar-refractivity contribution in [3.05, 3.63) is 66.9 Å². The molecule has 0 amide bonds. The quantitative estimate of drug-likeness (QED) is 0.285. The fourth-order valence-corrected chi connectivity index (χ4v) is 4.75. The summed E-state index contributed by atoms with van der Waals surface area (Å²) in [4.78, 5) is 0. The lowest BCUT2D eigenvalue weighted by atomic mass is 9.92. The number of aliphatic hydroxyl groups excluding tert-OH is 1. The Hall–Kier alpha value is -4.03. The van der Waals surface area contributed by atoms with Gasteiger partial charge in [0.15, 0.2) is 29.2 Å². The molecule has 34 heavy (non-hydrogen) atoms. The number of hydrogen-bond acceptors (Lipinski definition) is 5. The highest BCUT2D eigenvalue weighted by Crippen LogP contribution is 2.43. The van der Waals surface area contributed by atoms with Gasteiger partial charge in [0.25, 0.3) is 6.73 Å². The highest BCUT2D eigenvalue weighted by atomic mass is 16.5. The summed E-state index contributed by atoms with van der Waals surface area (Å²) in [6, 6.07) is 20.3. The molecular formula is C28H26NO5+. The van der Waals surface area contributed by atoms with Gasteiger partial charge in [-0.15, -0.1) is 0 Å². The maximum atomic E-state index is 10.4. The van der Waals surface area contributed by atoms with Crippen LogP contribution >= 0.6 is 0 Å². The van der Waals surface area contributed by atoms with Gasteiger partial charge in [-0.05, 0) is 41.5 Å². The van der Waals surface area contributed by atoms with Crippen LogP contribution in [0.25, 0.3) is 43.6 Å². The molecule has 1 N–H and O–H groups in total. The van der Waals surface area contributed by atoms with Crippen molar-refractivity contribution in [2.75, 3.05) is 28.4 Å². The first kappa shape index (κ1) is 21.8. The fraction of sp³-hybridized carbons (Fsp3) is 0.179. The van der Waals surface area contributed by atoms with Crippen molar-refractivity contribution in [3.8, 4) is 34.1 Å². The molecule has 1 heterocycles. The topological polar surface area (TPSA) is 61.0 Å². The van der Waals surface area contributed by atoms with Crippen LogP contribution in [0, 0.1) is 0 Å².